The van der Waals surface area contributed by atoms with Gasteiger partial charge < -0.3 is 10.6 Å². The number of hydrogen-bond donors (Lipinski definition) is 2. The summed E-state index contributed by atoms with van der Waals surface area (Å²) < 4.78 is 0. The van der Waals surface area contributed by atoms with E-state index in [0.29, 0.717) is 12.0 Å². The third kappa shape index (κ3) is 3.40. The number of nitrogens with one attached hydrogen (secondary N) is 2. The summed E-state index contributed by atoms with van der Waals surface area (Å²) in [7, 11) is 2.17. The van der Waals surface area contributed by atoms with E-state index < -0.39 is 0 Å². The molecule has 1 aliphatic rings. The van der Waals surface area contributed by atoms with E-state index in [-0.39, 0.29) is 0 Å². The van der Waals surface area contributed by atoms with Gasteiger partial charge in [-0.3, -0.25) is 4.90 Å². The Bertz CT molecular complexity index is 362. The lowest BCUT2D eigenvalue weighted by Gasteiger charge is -2.33. The van der Waals surface area contributed by atoms with E-state index in [1.54, 1.807) is 0 Å². The molecule has 0 spiro atoms. The third-order valence-electron chi connectivity index (χ3n) is 3.44. The second-order valence-electron chi connectivity index (χ2n) is 5.22. The third-order valence-corrected chi connectivity index (χ3v) is 3.44. The van der Waals surface area contributed by atoms with E-state index in [4.69, 9.17) is 0 Å². The summed E-state index contributed by atoms with van der Waals surface area (Å²) in [4.78, 5) is 2.37. The molecule has 0 aromatic carbocycles. The maximum Gasteiger partial charge on any atom is 0.148 e. The Labute approximate surface area is 109 Å². The number of aromatic nitrogens is 2. The van der Waals surface area contributed by atoms with Crippen LogP contribution < -0.4 is 10.6 Å². The molecule has 1 unspecified atom stereocenters. The fourth-order valence-corrected chi connectivity index (χ4v) is 2.06. The van der Waals surface area contributed by atoms with Crippen LogP contribution in [0, 0.1) is 0 Å². The van der Waals surface area contributed by atoms with Crippen LogP contribution in [0.15, 0.2) is 12.1 Å². The van der Waals surface area contributed by atoms with Crippen LogP contribution in [-0.2, 0) is 0 Å². The quantitative estimate of drug-likeness (QED) is 0.831. The van der Waals surface area contributed by atoms with Gasteiger partial charge in [0.15, 0.2) is 0 Å². The Morgan fingerprint density at radius 1 is 1.44 bits per heavy atom. The Morgan fingerprint density at radius 3 is 2.89 bits per heavy atom. The van der Waals surface area contributed by atoms with Gasteiger partial charge in [-0.2, -0.15) is 5.10 Å². The molecule has 5 heteroatoms. The van der Waals surface area contributed by atoms with Gasteiger partial charge in [-0.15, -0.1) is 5.10 Å². The predicted octanol–water partition coefficient (Wildman–Crippen LogP) is 0.915. The van der Waals surface area contributed by atoms with E-state index in [9.17, 15) is 0 Å². The number of rotatable bonds is 4. The molecule has 5 nitrogen and oxygen atoms in total. The lowest BCUT2D eigenvalue weighted by molar-refractivity contribution is 0.209. The average molecular weight is 249 g/mol. The van der Waals surface area contributed by atoms with Crippen LogP contribution in [0.3, 0.4) is 0 Å². The highest BCUT2D eigenvalue weighted by Gasteiger charge is 2.18. The van der Waals surface area contributed by atoms with Crippen molar-refractivity contribution in [1.82, 2.24) is 20.4 Å². The summed E-state index contributed by atoms with van der Waals surface area (Å²) in [5.74, 6) is 1.29. The van der Waals surface area contributed by atoms with Crippen LogP contribution in [0.4, 0.5) is 5.82 Å². The number of piperazine rings is 1. The molecule has 1 atom stereocenters. The SMILES string of the molecule is CC(C)c1ccc(NCC2CNCCN2C)nn1. The Hall–Kier alpha value is -1.20. The van der Waals surface area contributed by atoms with E-state index in [0.717, 1.165) is 37.7 Å². The predicted molar refractivity (Wildman–Crippen MR) is 73.9 cm³/mol. The topological polar surface area (TPSA) is 53.1 Å². The second-order valence-corrected chi connectivity index (χ2v) is 5.22. The molecular formula is C13H23N5. The standard InChI is InChI=1S/C13H23N5/c1-10(2)12-4-5-13(17-16-12)15-9-11-8-14-6-7-18(11)3/h4-5,10-11,14H,6-9H2,1-3H3,(H,15,17). The molecule has 2 rings (SSSR count). The zero-order valence-electron chi connectivity index (χ0n) is 11.5. The van der Waals surface area contributed by atoms with Gasteiger partial charge in [-0.1, -0.05) is 13.8 Å². The fourth-order valence-electron chi connectivity index (χ4n) is 2.06. The Kier molecular flexibility index (Phi) is 4.49. The molecule has 0 aliphatic carbocycles. The molecule has 1 aromatic rings. The summed E-state index contributed by atoms with van der Waals surface area (Å²) in [5.41, 5.74) is 1.04. The smallest absolute Gasteiger partial charge is 0.148 e. The summed E-state index contributed by atoms with van der Waals surface area (Å²) in [5, 5.41) is 15.2. The monoisotopic (exact) mass is 249 g/mol. The number of nitrogens with zero attached hydrogens (tertiary/aromatic N) is 3. The minimum absolute atomic E-state index is 0.431. The number of hydrogen-bond acceptors (Lipinski definition) is 5. The lowest BCUT2D eigenvalue weighted by Crippen LogP contribution is -2.52. The van der Waals surface area contributed by atoms with Crippen LogP contribution in [0.5, 0.6) is 0 Å². The van der Waals surface area contributed by atoms with Crippen molar-refractivity contribution in [2.45, 2.75) is 25.8 Å². The molecule has 100 valence electrons. The molecule has 0 saturated carbocycles. The number of likely N-dealkylation sites (N-methyl/N-ethyl adjacent to an activating group) is 1. The van der Waals surface area contributed by atoms with Crippen molar-refractivity contribution in [3.63, 3.8) is 0 Å². The summed E-state index contributed by atoms with van der Waals surface area (Å²) in [6.45, 7) is 8.36. The fraction of sp³-hybridized carbons (Fsp3) is 0.692. The summed E-state index contributed by atoms with van der Waals surface area (Å²) >= 11 is 0. The van der Waals surface area contributed by atoms with Gasteiger partial charge in [0.25, 0.3) is 0 Å². The molecule has 0 bridgehead atoms. The zero-order valence-corrected chi connectivity index (χ0v) is 11.5. The lowest BCUT2D eigenvalue weighted by atomic mass is 10.1. The molecule has 1 fully saturated rings. The molecule has 1 saturated heterocycles. The van der Waals surface area contributed by atoms with Crippen LogP contribution >= 0.6 is 0 Å². The molecule has 1 aliphatic heterocycles. The first kappa shape index (κ1) is 13.2. The molecular weight excluding hydrogens is 226 g/mol. The molecule has 2 N–H and O–H groups in total. The van der Waals surface area contributed by atoms with Crippen molar-refractivity contribution in [3.05, 3.63) is 17.8 Å². The van der Waals surface area contributed by atoms with Gasteiger partial charge in [-0.05, 0) is 25.1 Å². The van der Waals surface area contributed by atoms with Crippen molar-refractivity contribution in [2.75, 3.05) is 38.5 Å². The van der Waals surface area contributed by atoms with Crippen LogP contribution in [0.25, 0.3) is 0 Å². The van der Waals surface area contributed by atoms with Gasteiger partial charge in [0, 0.05) is 32.2 Å². The van der Waals surface area contributed by atoms with E-state index in [2.05, 4.69) is 46.6 Å². The number of anilines is 1. The minimum atomic E-state index is 0.431. The maximum absolute atomic E-state index is 4.22. The normalized spacial score (nSPS) is 21.2. The van der Waals surface area contributed by atoms with Crippen LogP contribution in [-0.4, -0.2) is 54.4 Å². The van der Waals surface area contributed by atoms with Crippen molar-refractivity contribution in [2.24, 2.45) is 0 Å². The van der Waals surface area contributed by atoms with Crippen molar-refractivity contribution in [1.29, 1.82) is 0 Å². The largest absolute Gasteiger partial charge is 0.367 e. The molecule has 1 aromatic heterocycles. The van der Waals surface area contributed by atoms with Gasteiger partial charge in [0.05, 0.1) is 5.69 Å². The summed E-state index contributed by atoms with van der Waals surface area (Å²) in [6.07, 6.45) is 0. The highest BCUT2D eigenvalue weighted by Crippen LogP contribution is 2.11. The Morgan fingerprint density at radius 2 is 2.28 bits per heavy atom. The highest BCUT2D eigenvalue weighted by atomic mass is 15.2. The van der Waals surface area contributed by atoms with E-state index in [1.165, 1.54) is 0 Å². The van der Waals surface area contributed by atoms with Crippen molar-refractivity contribution >= 4 is 5.82 Å². The van der Waals surface area contributed by atoms with Crippen molar-refractivity contribution < 1.29 is 0 Å². The van der Waals surface area contributed by atoms with Gasteiger partial charge in [0.1, 0.15) is 5.82 Å². The van der Waals surface area contributed by atoms with E-state index >= 15 is 0 Å². The first-order valence-electron chi connectivity index (χ1n) is 6.65. The van der Waals surface area contributed by atoms with Crippen LogP contribution in [0.2, 0.25) is 0 Å². The van der Waals surface area contributed by atoms with E-state index in [1.807, 2.05) is 12.1 Å². The molecule has 2 heterocycles. The Balaban J connectivity index is 1.85. The minimum Gasteiger partial charge on any atom is -0.367 e. The van der Waals surface area contributed by atoms with Gasteiger partial charge in [0.2, 0.25) is 0 Å². The zero-order chi connectivity index (χ0) is 13.0. The van der Waals surface area contributed by atoms with Crippen molar-refractivity contribution in [3.8, 4) is 0 Å². The second kappa shape index (κ2) is 6.11. The average Bonchev–Trinajstić information content (AvgIpc) is 2.38. The first-order valence-corrected chi connectivity index (χ1v) is 6.65. The summed E-state index contributed by atoms with van der Waals surface area (Å²) in [6, 6.07) is 4.58. The maximum atomic E-state index is 4.22. The van der Waals surface area contributed by atoms with Gasteiger partial charge in [-0.25, -0.2) is 0 Å². The molecule has 0 amide bonds. The van der Waals surface area contributed by atoms with Gasteiger partial charge >= 0.3 is 0 Å². The molecule has 0 radical (unpaired) electrons. The van der Waals surface area contributed by atoms with Crippen LogP contribution in [0.1, 0.15) is 25.5 Å². The first-order chi connectivity index (χ1) is 8.66. The highest BCUT2D eigenvalue weighted by molar-refractivity contribution is 5.33. The molecule has 18 heavy (non-hydrogen) atoms.